The maximum atomic E-state index is 14.5. The molecule has 1 fully saturated rings. The topological polar surface area (TPSA) is 96.6 Å². The number of rotatable bonds is 6. The Labute approximate surface area is 177 Å². The van der Waals surface area contributed by atoms with Gasteiger partial charge in [-0.05, 0) is 25.8 Å². The van der Waals surface area contributed by atoms with Crippen LogP contribution in [-0.4, -0.2) is 60.2 Å². The Bertz CT molecular complexity index is 1010. The fraction of sp³-hybridized carbons (Fsp3) is 0.524. The molecule has 1 amide bonds. The predicted molar refractivity (Wildman–Crippen MR) is 114 cm³/mol. The van der Waals surface area contributed by atoms with E-state index in [1.165, 1.54) is 16.6 Å². The fourth-order valence-electron chi connectivity index (χ4n) is 3.98. The molecule has 0 unspecified atom stereocenters. The number of amides is 1. The normalized spacial score (nSPS) is 19.6. The monoisotopic (exact) mass is 436 g/mol. The largest absolute Gasteiger partial charge is 0.340 e. The summed E-state index contributed by atoms with van der Waals surface area (Å²) in [5.74, 6) is -0.815. The molecule has 0 radical (unpaired) electrons. The maximum Gasteiger partial charge on any atom is 0.244 e. The van der Waals surface area contributed by atoms with Crippen LogP contribution in [0.1, 0.15) is 39.5 Å². The number of aromatic nitrogens is 1. The van der Waals surface area contributed by atoms with Crippen molar-refractivity contribution < 1.29 is 17.6 Å². The van der Waals surface area contributed by atoms with Crippen LogP contribution in [0.5, 0.6) is 0 Å². The Kier molecular flexibility index (Phi) is 7.05. The summed E-state index contributed by atoms with van der Waals surface area (Å²) in [7, 11) is -3.97. The van der Waals surface area contributed by atoms with Gasteiger partial charge in [0.25, 0.3) is 0 Å². The summed E-state index contributed by atoms with van der Waals surface area (Å²) < 4.78 is 42.8. The molecule has 1 aliphatic rings. The number of hydrogen-bond donors (Lipinski definition) is 1. The molecule has 0 saturated carbocycles. The van der Waals surface area contributed by atoms with Crippen molar-refractivity contribution >= 4 is 26.7 Å². The molecule has 2 aromatic rings. The second-order valence-electron chi connectivity index (χ2n) is 7.83. The molecule has 1 aliphatic heterocycles. The first-order valence-corrected chi connectivity index (χ1v) is 11.8. The third-order valence-electron chi connectivity index (χ3n) is 5.57. The molecule has 2 heterocycles. The Morgan fingerprint density at radius 3 is 2.83 bits per heavy atom. The summed E-state index contributed by atoms with van der Waals surface area (Å²) in [4.78, 5) is 18.1. The Morgan fingerprint density at radius 2 is 2.10 bits per heavy atom. The Hall–Kier alpha value is -2.10. The number of carbonyl (C=O) groups is 1. The first kappa shape index (κ1) is 22.6. The van der Waals surface area contributed by atoms with Crippen LogP contribution in [0.25, 0.3) is 10.8 Å². The van der Waals surface area contributed by atoms with Crippen LogP contribution in [0.2, 0.25) is 0 Å². The summed E-state index contributed by atoms with van der Waals surface area (Å²) in [5.41, 5.74) is 6.05. The van der Waals surface area contributed by atoms with Gasteiger partial charge in [0.1, 0.15) is 0 Å². The Balaban J connectivity index is 1.87. The van der Waals surface area contributed by atoms with Gasteiger partial charge in [0.2, 0.25) is 15.9 Å². The van der Waals surface area contributed by atoms with Crippen molar-refractivity contribution in [3.63, 3.8) is 0 Å². The van der Waals surface area contributed by atoms with E-state index in [1.807, 2.05) is 6.92 Å². The summed E-state index contributed by atoms with van der Waals surface area (Å²) in [6, 6.07) is 3.61. The van der Waals surface area contributed by atoms with E-state index >= 15 is 0 Å². The lowest BCUT2D eigenvalue weighted by Gasteiger charge is -2.29. The number of hydrogen-bond acceptors (Lipinski definition) is 5. The van der Waals surface area contributed by atoms with Gasteiger partial charge in [-0.15, -0.1) is 0 Å². The van der Waals surface area contributed by atoms with Gasteiger partial charge in [-0.1, -0.05) is 31.9 Å². The SMILES string of the molecule is CCCC[C@@H](N)C(=O)N1CCCN(S(=O)(=O)c2cccc3cncc(F)c23)[C@@H](C)C1. The van der Waals surface area contributed by atoms with Crippen molar-refractivity contribution in [2.24, 2.45) is 5.73 Å². The van der Waals surface area contributed by atoms with E-state index in [2.05, 4.69) is 4.98 Å². The van der Waals surface area contributed by atoms with Gasteiger partial charge in [-0.2, -0.15) is 4.31 Å². The standard InChI is InChI=1S/C21H29FN4O3S/c1-3-4-8-18(23)21(27)25-10-6-11-26(15(2)14-25)30(28,29)19-9-5-7-16-12-24-13-17(22)20(16)19/h5,7,9,12-13,15,18H,3-4,6,8,10-11,14,23H2,1-2H3/t15-,18+/m0/s1. The molecule has 0 aliphatic carbocycles. The lowest BCUT2D eigenvalue weighted by molar-refractivity contribution is -0.133. The summed E-state index contributed by atoms with van der Waals surface area (Å²) in [5, 5.41) is 0.468. The van der Waals surface area contributed by atoms with Crippen LogP contribution in [-0.2, 0) is 14.8 Å². The smallest absolute Gasteiger partial charge is 0.244 e. The summed E-state index contributed by atoms with van der Waals surface area (Å²) in [6.07, 6.45) is 5.40. The van der Waals surface area contributed by atoms with Gasteiger partial charge < -0.3 is 10.6 Å². The highest BCUT2D eigenvalue weighted by Gasteiger charge is 2.35. The van der Waals surface area contributed by atoms with E-state index in [4.69, 9.17) is 5.73 Å². The van der Waals surface area contributed by atoms with Crippen molar-refractivity contribution in [3.05, 3.63) is 36.4 Å². The second kappa shape index (κ2) is 9.36. The van der Waals surface area contributed by atoms with Crippen molar-refractivity contribution in [3.8, 4) is 0 Å². The van der Waals surface area contributed by atoms with Gasteiger partial charge in [-0.25, -0.2) is 12.8 Å². The minimum atomic E-state index is -3.97. The number of unbranched alkanes of at least 4 members (excludes halogenated alkanes) is 1. The minimum absolute atomic E-state index is 0.0402. The fourth-order valence-corrected chi connectivity index (χ4v) is 5.86. The van der Waals surface area contributed by atoms with Gasteiger partial charge in [0, 0.05) is 42.6 Å². The molecule has 2 N–H and O–H groups in total. The predicted octanol–water partition coefficient (Wildman–Crippen LogP) is 2.50. The number of halogens is 1. The molecule has 3 rings (SSSR count). The van der Waals surface area contributed by atoms with Gasteiger partial charge in [-0.3, -0.25) is 9.78 Å². The van der Waals surface area contributed by atoms with Crippen LogP contribution in [0.15, 0.2) is 35.5 Å². The number of benzene rings is 1. The first-order valence-electron chi connectivity index (χ1n) is 10.4. The van der Waals surface area contributed by atoms with Crippen LogP contribution in [0.3, 0.4) is 0 Å². The van der Waals surface area contributed by atoms with E-state index in [-0.39, 0.29) is 29.3 Å². The molecule has 0 spiro atoms. The van der Waals surface area contributed by atoms with Gasteiger partial charge in [0.05, 0.1) is 17.1 Å². The quantitative estimate of drug-likeness (QED) is 0.751. The van der Waals surface area contributed by atoms with Crippen molar-refractivity contribution in [1.82, 2.24) is 14.2 Å². The molecular formula is C21H29FN4O3S. The Morgan fingerprint density at radius 1 is 1.33 bits per heavy atom. The number of carbonyl (C=O) groups excluding carboxylic acids is 1. The van der Waals surface area contributed by atoms with Gasteiger partial charge >= 0.3 is 0 Å². The average molecular weight is 437 g/mol. The highest BCUT2D eigenvalue weighted by molar-refractivity contribution is 7.89. The molecule has 9 heteroatoms. The van der Waals surface area contributed by atoms with Crippen molar-refractivity contribution in [2.45, 2.75) is 56.5 Å². The molecule has 0 bridgehead atoms. The molecule has 1 aromatic heterocycles. The van der Waals surface area contributed by atoms with Crippen molar-refractivity contribution in [1.29, 1.82) is 0 Å². The van der Waals surface area contributed by atoms with E-state index in [9.17, 15) is 17.6 Å². The molecule has 1 saturated heterocycles. The highest BCUT2D eigenvalue weighted by Crippen LogP contribution is 2.29. The van der Waals surface area contributed by atoms with Crippen LogP contribution in [0, 0.1) is 5.82 Å². The van der Waals surface area contributed by atoms with Crippen molar-refractivity contribution in [2.75, 3.05) is 19.6 Å². The number of pyridine rings is 1. The molecular weight excluding hydrogens is 407 g/mol. The third-order valence-corrected chi connectivity index (χ3v) is 7.62. The lowest BCUT2D eigenvalue weighted by atomic mass is 10.1. The molecule has 7 nitrogen and oxygen atoms in total. The first-order chi connectivity index (χ1) is 14.3. The average Bonchev–Trinajstić information content (AvgIpc) is 2.93. The van der Waals surface area contributed by atoms with Crippen LogP contribution in [0.4, 0.5) is 4.39 Å². The molecule has 2 atom stereocenters. The highest BCUT2D eigenvalue weighted by atomic mass is 32.2. The van der Waals surface area contributed by atoms with Gasteiger partial charge in [0.15, 0.2) is 5.82 Å². The number of sulfonamides is 1. The lowest BCUT2D eigenvalue weighted by Crippen LogP contribution is -2.48. The molecule has 30 heavy (non-hydrogen) atoms. The zero-order valence-corrected chi connectivity index (χ0v) is 18.2. The number of fused-ring (bicyclic) bond motifs is 1. The molecule has 1 aromatic carbocycles. The van der Waals surface area contributed by atoms with Crippen LogP contribution >= 0.6 is 0 Å². The number of nitrogens with two attached hydrogens (primary N) is 1. The number of nitrogens with zero attached hydrogens (tertiary/aromatic N) is 3. The van der Waals surface area contributed by atoms with E-state index < -0.39 is 27.9 Å². The van der Waals surface area contributed by atoms with E-state index in [0.717, 1.165) is 19.0 Å². The minimum Gasteiger partial charge on any atom is -0.340 e. The van der Waals surface area contributed by atoms with E-state index in [1.54, 1.807) is 24.0 Å². The maximum absolute atomic E-state index is 14.5. The second-order valence-corrected chi connectivity index (χ2v) is 9.69. The van der Waals surface area contributed by atoms with E-state index in [0.29, 0.717) is 24.8 Å². The molecule has 164 valence electrons. The zero-order chi connectivity index (χ0) is 21.9. The summed E-state index contributed by atoms with van der Waals surface area (Å²) in [6.45, 7) is 4.76. The van der Waals surface area contributed by atoms with Crippen LogP contribution < -0.4 is 5.73 Å². The zero-order valence-electron chi connectivity index (χ0n) is 17.4. The third kappa shape index (κ3) is 4.48. The summed E-state index contributed by atoms with van der Waals surface area (Å²) >= 11 is 0.